The Balaban J connectivity index is 0.00000182. The molecule has 0 aromatic heterocycles. The van der Waals surface area contributed by atoms with Crippen molar-refractivity contribution in [2.24, 2.45) is 11.7 Å². The number of anilines is 1. The summed E-state index contributed by atoms with van der Waals surface area (Å²) in [6.07, 6.45) is 4.81. The summed E-state index contributed by atoms with van der Waals surface area (Å²) < 4.78 is 5.48. The van der Waals surface area contributed by atoms with E-state index in [0.717, 1.165) is 29.9 Å². The van der Waals surface area contributed by atoms with Gasteiger partial charge in [-0.1, -0.05) is 71.0 Å². The van der Waals surface area contributed by atoms with E-state index >= 15 is 0 Å². The molecule has 10 heteroatoms. The summed E-state index contributed by atoms with van der Waals surface area (Å²) in [5, 5.41) is 14.2. The normalized spacial score (nSPS) is 13.6. The van der Waals surface area contributed by atoms with E-state index in [1.165, 1.54) is 6.42 Å². The molecule has 2 atom stereocenters. The third-order valence-corrected chi connectivity index (χ3v) is 6.50. The molecule has 5 N–H and O–H groups in total. The van der Waals surface area contributed by atoms with Crippen molar-refractivity contribution >= 4 is 18.0 Å². The number of nitrogens with one attached hydrogen (secondary N) is 2. The van der Waals surface area contributed by atoms with Gasteiger partial charge in [-0.15, -0.1) is 6.58 Å². The maximum atomic E-state index is 14.2. The van der Waals surface area contributed by atoms with E-state index in [1.54, 1.807) is 29.3 Å². The van der Waals surface area contributed by atoms with Gasteiger partial charge in [0.2, 0.25) is 12.3 Å². The highest BCUT2D eigenvalue weighted by molar-refractivity contribution is 5.79. The molecule has 1 heterocycles. The van der Waals surface area contributed by atoms with Gasteiger partial charge in [0.1, 0.15) is 5.75 Å². The van der Waals surface area contributed by atoms with Crippen molar-refractivity contribution in [3.8, 4) is 5.75 Å². The third-order valence-electron chi connectivity index (χ3n) is 6.50. The average Bonchev–Trinajstić information content (AvgIpc) is 3.03. The topological polar surface area (TPSA) is 123 Å². The third kappa shape index (κ3) is 14.1. The van der Waals surface area contributed by atoms with Crippen LogP contribution in [0.25, 0.3) is 0 Å². The Labute approximate surface area is 264 Å². The highest BCUT2D eigenvalue weighted by Crippen LogP contribution is 2.21. The first-order valence-electron chi connectivity index (χ1n) is 15.5. The predicted octanol–water partition coefficient (Wildman–Crippen LogP) is 4.03. The van der Waals surface area contributed by atoms with Gasteiger partial charge in [-0.25, -0.2) is 5.01 Å². The second-order valence-corrected chi connectivity index (χ2v) is 10.2. The summed E-state index contributed by atoms with van der Waals surface area (Å²) in [6.45, 7) is 20.1. The lowest BCUT2D eigenvalue weighted by Gasteiger charge is -2.33. The van der Waals surface area contributed by atoms with Gasteiger partial charge in [0.25, 0.3) is 0 Å². The molecule has 44 heavy (non-hydrogen) atoms. The van der Waals surface area contributed by atoms with Crippen molar-refractivity contribution in [2.75, 3.05) is 50.8 Å². The van der Waals surface area contributed by atoms with Gasteiger partial charge in [0, 0.05) is 44.6 Å². The number of amides is 2. The minimum atomic E-state index is -0.723. The van der Waals surface area contributed by atoms with Gasteiger partial charge >= 0.3 is 0 Å². The van der Waals surface area contributed by atoms with Crippen molar-refractivity contribution in [3.63, 3.8) is 0 Å². The lowest BCUT2D eigenvalue weighted by molar-refractivity contribution is -0.137. The average molecular weight is 611 g/mol. The fourth-order valence-electron chi connectivity index (χ4n) is 4.64. The van der Waals surface area contributed by atoms with Crippen LogP contribution in [0.2, 0.25) is 0 Å². The van der Waals surface area contributed by atoms with Gasteiger partial charge < -0.3 is 36.1 Å². The number of phenolic OH excluding ortho intramolecular Hbond substituents is 1. The first kappa shape index (κ1) is 38.2. The number of hydrogen-bond donors (Lipinski definition) is 4. The quantitative estimate of drug-likeness (QED) is 0.0973. The van der Waals surface area contributed by atoms with E-state index < -0.39 is 12.1 Å². The first-order valence-corrected chi connectivity index (χ1v) is 15.5. The molecule has 0 bridgehead atoms. The van der Waals surface area contributed by atoms with Gasteiger partial charge in [-0.05, 0) is 41.8 Å². The van der Waals surface area contributed by atoms with E-state index in [1.807, 2.05) is 43.1 Å². The second kappa shape index (κ2) is 22.6. The van der Waals surface area contributed by atoms with E-state index in [9.17, 15) is 14.7 Å². The van der Waals surface area contributed by atoms with Crippen LogP contribution in [0.5, 0.6) is 5.75 Å². The van der Waals surface area contributed by atoms with E-state index in [4.69, 9.17) is 10.5 Å². The summed E-state index contributed by atoms with van der Waals surface area (Å²) >= 11 is 0. The Morgan fingerprint density at radius 2 is 1.75 bits per heavy atom. The smallest absolute Gasteiger partial charge is 0.227 e. The number of carbonyl (C=O) groups is 2. The van der Waals surface area contributed by atoms with Crippen molar-refractivity contribution in [2.45, 2.75) is 53.2 Å². The number of aromatic hydroxyl groups is 1. The van der Waals surface area contributed by atoms with Crippen LogP contribution in [0.1, 0.15) is 45.2 Å². The molecular weight excluding hydrogens is 556 g/mol. The van der Waals surface area contributed by atoms with Crippen LogP contribution < -0.4 is 21.4 Å². The lowest BCUT2D eigenvalue weighted by atomic mass is 9.96. The Morgan fingerprint density at radius 3 is 2.34 bits per heavy atom. The van der Waals surface area contributed by atoms with Crippen LogP contribution in [0.4, 0.5) is 5.69 Å². The van der Waals surface area contributed by atoms with Crippen LogP contribution >= 0.6 is 0 Å². The SMILES string of the molecule is C=CCN(C[C@@H](Cc1ccc(O)cc1)C(=O)N(Cc1cccc(N2CCOCC2)c1)CC(N)NC=O)NC=C.CC.CCC. The van der Waals surface area contributed by atoms with Crippen LogP contribution in [0.3, 0.4) is 0 Å². The number of nitrogens with zero attached hydrogens (tertiary/aromatic N) is 3. The highest BCUT2D eigenvalue weighted by Gasteiger charge is 2.28. The van der Waals surface area contributed by atoms with Gasteiger partial charge in [0.15, 0.2) is 0 Å². The molecule has 0 spiro atoms. The zero-order valence-corrected chi connectivity index (χ0v) is 27.1. The number of hydrazine groups is 1. The van der Waals surface area contributed by atoms with Gasteiger partial charge in [0.05, 0.1) is 31.8 Å². The maximum absolute atomic E-state index is 14.2. The number of morpholine rings is 1. The van der Waals surface area contributed by atoms with Gasteiger partial charge in [-0.2, -0.15) is 0 Å². The molecule has 1 aliphatic rings. The molecule has 244 valence electrons. The Kier molecular flexibility index (Phi) is 19.6. The van der Waals surface area contributed by atoms with E-state index in [2.05, 4.69) is 54.8 Å². The zero-order valence-electron chi connectivity index (χ0n) is 27.1. The Hall–Kier alpha value is -3.86. The molecule has 2 aromatic rings. The van der Waals surface area contributed by atoms with E-state index in [-0.39, 0.29) is 18.2 Å². The molecular formula is C34H54N6O4. The molecule has 3 rings (SSSR count). The summed E-state index contributed by atoms with van der Waals surface area (Å²) in [6, 6.07) is 15.0. The largest absolute Gasteiger partial charge is 0.508 e. The van der Waals surface area contributed by atoms with Crippen molar-refractivity contribution in [1.29, 1.82) is 0 Å². The summed E-state index contributed by atoms with van der Waals surface area (Å²) in [4.78, 5) is 29.2. The molecule has 2 aromatic carbocycles. The summed E-state index contributed by atoms with van der Waals surface area (Å²) in [7, 11) is 0. The second-order valence-electron chi connectivity index (χ2n) is 10.2. The minimum absolute atomic E-state index is 0.108. The Bertz CT molecular complexity index is 1080. The molecule has 1 fully saturated rings. The lowest BCUT2D eigenvalue weighted by Crippen LogP contribution is -2.51. The monoisotopic (exact) mass is 610 g/mol. The van der Waals surface area contributed by atoms with Crippen molar-refractivity contribution in [3.05, 3.63) is 85.1 Å². The number of rotatable bonds is 16. The molecule has 1 unspecified atom stereocenters. The number of nitrogens with two attached hydrogens (primary N) is 1. The molecule has 10 nitrogen and oxygen atoms in total. The number of hydrogen-bond acceptors (Lipinski definition) is 8. The van der Waals surface area contributed by atoms with Crippen LogP contribution in [-0.4, -0.2) is 79.4 Å². The fraction of sp³-hybridized carbons (Fsp3) is 0.471. The highest BCUT2D eigenvalue weighted by atomic mass is 16.5. The summed E-state index contributed by atoms with van der Waals surface area (Å²) in [5.41, 5.74) is 12.2. The number of ether oxygens (including phenoxy) is 1. The first-order chi connectivity index (χ1) is 21.3. The van der Waals surface area contributed by atoms with Crippen LogP contribution in [0.15, 0.2) is 74.0 Å². The summed E-state index contributed by atoms with van der Waals surface area (Å²) in [5.74, 6) is -0.411. The molecule has 1 saturated heterocycles. The number of phenols is 1. The molecule has 0 saturated carbocycles. The number of carbonyl (C=O) groups excluding carboxylic acids is 2. The number of benzene rings is 2. The standard InChI is InChI=1S/C29H40N6O4.C3H8.C2H6/c1-3-12-35(32-4-2)20-25(17-23-8-10-27(37)11-9-23)29(38)34(21-28(30)31-22-36)19-24-6-5-7-26(18-24)33-13-15-39-16-14-33;1-3-2;1-2/h3-11,18,22,25,28,32,37H,1-2,12-17,19-21,30H2,(H,31,36);3H2,1-2H3;1-2H3/t25-,28?;;/m1../s1. The molecule has 0 radical (unpaired) electrons. The predicted molar refractivity (Wildman–Crippen MR) is 180 cm³/mol. The van der Waals surface area contributed by atoms with Crippen LogP contribution in [-0.2, 0) is 27.3 Å². The van der Waals surface area contributed by atoms with Crippen molar-refractivity contribution in [1.82, 2.24) is 20.7 Å². The molecule has 0 aliphatic carbocycles. The maximum Gasteiger partial charge on any atom is 0.227 e. The van der Waals surface area contributed by atoms with Gasteiger partial charge in [-0.3, -0.25) is 9.59 Å². The fourth-order valence-corrected chi connectivity index (χ4v) is 4.64. The molecule has 2 amide bonds. The Morgan fingerprint density at radius 1 is 1.09 bits per heavy atom. The van der Waals surface area contributed by atoms with E-state index in [0.29, 0.717) is 45.7 Å². The molecule has 1 aliphatic heterocycles. The zero-order chi connectivity index (χ0) is 32.7. The van der Waals surface area contributed by atoms with Crippen LogP contribution in [0, 0.1) is 5.92 Å². The van der Waals surface area contributed by atoms with Crippen molar-refractivity contribution < 1.29 is 19.4 Å². The minimum Gasteiger partial charge on any atom is -0.508 e.